The summed E-state index contributed by atoms with van der Waals surface area (Å²) in [5.74, 6) is 0.371. The van der Waals surface area contributed by atoms with Crippen LogP contribution in [-0.4, -0.2) is 4.89 Å². The zero-order chi connectivity index (χ0) is 8.97. The van der Waals surface area contributed by atoms with Crippen molar-refractivity contribution in [1.82, 2.24) is 0 Å². The molecule has 1 aromatic rings. The van der Waals surface area contributed by atoms with Gasteiger partial charge in [0.2, 0.25) is 0 Å². The maximum Gasteiger partial charge on any atom is 0.747 e. The molecule has 1 N–H and O–H groups in total. The van der Waals surface area contributed by atoms with Gasteiger partial charge in [0.15, 0.2) is 5.75 Å². The summed E-state index contributed by atoms with van der Waals surface area (Å²) in [6, 6.07) is 6.79. The Kier molecular flexibility index (Phi) is 2.97. The van der Waals surface area contributed by atoms with E-state index < -0.39 is 8.25 Å². The topological polar surface area (TPSA) is 46.5 Å². The molecular formula is C8H8O3P+. The van der Waals surface area contributed by atoms with E-state index in [1.54, 1.807) is 24.3 Å². The van der Waals surface area contributed by atoms with Crippen LogP contribution in [0.3, 0.4) is 0 Å². The van der Waals surface area contributed by atoms with Crippen LogP contribution < -0.4 is 4.52 Å². The summed E-state index contributed by atoms with van der Waals surface area (Å²) in [7, 11) is -2.58. The average molecular weight is 183 g/mol. The van der Waals surface area contributed by atoms with Gasteiger partial charge in [0.25, 0.3) is 0 Å². The third kappa shape index (κ3) is 2.46. The predicted octanol–water partition coefficient (Wildman–Crippen LogP) is 2.36. The molecule has 1 atom stereocenters. The molecular weight excluding hydrogens is 175 g/mol. The Morgan fingerprint density at radius 2 is 2.33 bits per heavy atom. The van der Waals surface area contributed by atoms with Crippen LogP contribution in [-0.2, 0) is 4.57 Å². The third-order valence-electron chi connectivity index (χ3n) is 1.28. The quantitative estimate of drug-likeness (QED) is 0.731. The summed E-state index contributed by atoms with van der Waals surface area (Å²) in [6.07, 6.45) is 1.64. The second kappa shape index (κ2) is 4.00. The second-order valence-corrected chi connectivity index (χ2v) is 2.76. The van der Waals surface area contributed by atoms with Gasteiger partial charge in [0.05, 0.1) is 0 Å². The smallest absolute Gasteiger partial charge is 0.229 e. The molecule has 12 heavy (non-hydrogen) atoms. The summed E-state index contributed by atoms with van der Waals surface area (Å²) in [5.41, 5.74) is 0.851. The number of benzene rings is 1. The van der Waals surface area contributed by atoms with Crippen molar-refractivity contribution in [3.05, 3.63) is 36.4 Å². The van der Waals surface area contributed by atoms with Gasteiger partial charge in [-0.2, -0.15) is 0 Å². The zero-order valence-corrected chi connectivity index (χ0v) is 7.20. The van der Waals surface area contributed by atoms with E-state index in [1.165, 1.54) is 0 Å². The summed E-state index contributed by atoms with van der Waals surface area (Å²) in [5, 5.41) is 0. The van der Waals surface area contributed by atoms with Crippen molar-refractivity contribution >= 4 is 14.3 Å². The maximum atomic E-state index is 10.3. The largest absolute Gasteiger partial charge is 0.747 e. The van der Waals surface area contributed by atoms with Crippen LogP contribution in [0.5, 0.6) is 5.75 Å². The fourth-order valence-electron chi connectivity index (χ4n) is 0.788. The predicted molar refractivity (Wildman–Crippen MR) is 47.0 cm³/mol. The highest BCUT2D eigenvalue weighted by molar-refractivity contribution is 7.32. The van der Waals surface area contributed by atoms with Crippen molar-refractivity contribution in [2.24, 2.45) is 0 Å². The third-order valence-corrected chi connectivity index (χ3v) is 1.64. The molecule has 1 rings (SSSR count). The molecule has 0 bridgehead atoms. The van der Waals surface area contributed by atoms with Crippen LogP contribution in [0, 0.1) is 0 Å². The molecule has 0 fully saturated rings. The van der Waals surface area contributed by atoms with Gasteiger partial charge < -0.3 is 0 Å². The van der Waals surface area contributed by atoms with Crippen molar-refractivity contribution in [3.8, 4) is 5.75 Å². The molecule has 0 spiro atoms. The summed E-state index contributed by atoms with van der Waals surface area (Å²) < 4.78 is 14.8. The van der Waals surface area contributed by atoms with Crippen LogP contribution in [0.2, 0.25) is 0 Å². The van der Waals surface area contributed by atoms with Crippen molar-refractivity contribution in [2.75, 3.05) is 0 Å². The molecule has 0 aromatic heterocycles. The minimum atomic E-state index is -2.58. The van der Waals surface area contributed by atoms with Gasteiger partial charge in [-0.3, -0.25) is 0 Å². The molecule has 62 valence electrons. The highest BCUT2D eigenvalue weighted by Gasteiger charge is 2.13. The van der Waals surface area contributed by atoms with Crippen molar-refractivity contribution in [1.29, 1.82) is 0 Å². The Hall–Kier alpha value is -1.18. The van der Waals surface area contributed by atoms with Crippen LogP contribution in [0.1, 0.15) is 5.56 Å². The van der Waals surface area contributed by atoms with Crippen molar-refractivity contribution in [3.63, 3.8) is 0 Å². The number of hydrogen-bond donors (Lipinski definition) is 1. The lowest BCUT2D eigenvalue weighted by atomic mass is 10.2. The highest BCUT2D eigenvalue weighted by atomic mass is 31.1. The van der Waals surface area contributed by atoms with Crippen molar-refractivity contribution in [2.45, 2.75) is 0 Å². The summed E-state index contributed by atoms with van der Waals surface area (Å²) in [4.78, 5) is 8.43. The number of rotatable bonds is 3. The van der Waals surface area contributed by atoms with E-state index in [1.807, 2.05) is 6.07 Å². The average Bonchev–Trinajstić information content (AvgIpc) is 2.03. The fourth-order valence-corrected chi connectivity index (χ4v) is 1.08. The van der Waals surface area contributed by atoms with Gasteiger partial charge in [-0.1, -0.05) is 24.8 Å². The van der Waals surface area contributed by atoms with E-state index >= 15 is 0 Å². The lowest BCUT2D eigenvalue weighted by molar-refractivity contribution is 0.410. The van der Waals surface area contributed by atoms with E-state index in [2.05, 4.69) is 11.1 Å². The summed E-state index contributed by atoms with van der Waals surface area (Å²) in [6.45, 7) is 3.56. The molecule has 1 aromatic carbocycles. The molecule has 0 saturated carbocycles. The van der Waals surface area contributed by atoms with Gasteiger partial charge in [-0.25, -0.2) is 4.52 Å². The van der Waals surface area contributed by atoms with Crippen LogP contribution in [0.15, 0.2) is 30.8 Å². The summed E-state index contributed by atoms with van der Waals surface area (Å²) >= 11 is 0. The Bertz CT molecular complexity index is 309. The molecule has 0 aliphatic rings. The first kappa shape index (κ1) is 8.91. The van der Waals surface area contributed by atoms with Crippen molar-refractivity contribution < 1.29 is 14.0 Å². The first-order chi connectivity index (χ1) is 5.72. The lowest BCUT2D eigenvalue weighted by Crippen LogP contribution is -1.80. The van der Waals surface area contributed by atoms with Gasteiger partial charge in [0, 0.05) is 4.57 Å². The van der Waals surface area contributed by atoms with Gasteiger partial charge in [0.1, 0.15) is 0 Å². The standard InChI is InChI=1S/C8H7O3P/c1-2-7-4-3-5-8(6-7)11-12(9)10/h2-6H,1H2/p+1. The monoisotopic (exact) mass is 183 g/mol. The highest BCUT2D eigenvalue weighted by Crippen LogP contribution is 2.23. The Morgan fingerprint density at radius 1 is 1.58 bits per heavy atom. The minimum Gasteiger partial charge on any atom is -0.229 e. The first-order valence-corrected chi connectivity index (χ1v) is 4.42. The van der Waals surface area contributed by atoms with Gasteiger partial charge in [-0.15, -0.1) is 4.89 Å². The van der Waals surface area contributed by atoms with Crippen LogP contribution in [0.4, 0.5) is 0 Å². The molecule has 0 aliphatic heterocycles. The van der Waals surface area contributed by atoms with Crippen LogP contribution in [0.25, 0.3) is 6.08 Å². The molecule has 3 nitrogen and oxygen atoms in total. The normalized spacial score (nSPS) is 10.6. The molecule has 0 radical (unpaired) electrons. The fraction of sp³-hybridized carbons (Fsp3) is 0. The minimum absolute atomic E-state index is 0.371. The molecule has 0 heterocycles. The Morgan fingerprint density at radius 3 is 2.92 bits per heavy atom. The van der Waals surface area contributed by atoms with E-state index in [-0.39, 0.29) is 0 Å². The second-order valence-electron chi connectivity index (χ2n) is 2.11. The molecule has 0 aliphatic carbocycles. The lowest BCUT2D eigenvalue weighted by Gasteiger charge is -1.92. The molecule has 1 unspecified atom stereocenters. The van der Waals surface area contributed by atoms with Gasteiger partial charge in [-0.05, 0) is 17.7 Å². The molecule has 0 amide bonds. The SMILES string of the molecule is C=Cc1cccc(O[P+](=O)O)c1. The molecule has 4 heteroatoms. The van der Waals surface area contributed by atoms with Crippen LogP contribution >= 0.6 is 8.25 Å². The van der Waals surface area contributed by atoms with E-state index in [9.17, 15) is 4.57 Å². The Balaban J connectivity index is 2.86. The van der Waals surface area contributed by atoms with Gasteiger partial charge >= 0.3 is 8.25 Å². The maximum absolute atomic E-state index is 10.3. The van der Waals surface area contributed by atoms with E-state index in [0.717, 1.165) is 5.56 Å². The number of hydrogen-bond acceptors (Lipinski definition) is 2. The van der Waals surface area contributed by atoms with E-state index in [4.69, 9.17) is 4.89 Å². The Labute approximate surface area is 71.3 Å². The molecule has 0 saturated heterocycles. The zero-order valence-electron chi connectivity index (χ0n) is 6.30. The van der Waals surface area contributed by atoms with E-state index in [0.29, 0.717) is 5.75 Å². The first-order valence-electron chi connectivity index (χ1n) is 3.29.